The number of nitrogens with one attached hydrogen (secondary N) is 1. The number of hydrogen-bond acceptors (Lipinski definition) is 3. The molecule has 0 unspecified atom stereocenters. The van der Waals surface area contributed by atoms with Crippen LogP contribution in [0.4, 0.5) is 5.69 Å². The third kappa shape index (κ3) is 3.47. The highest BCUT2D eigenvalue weighted by Crippen LogP contribution is 2.28. The third-order valence-corrected chi connectivity index (χ3v) is 4.71. The highest BCUT2D eigenvalue weighted by atomic mass is 16.1. The Morgan fingerprint density at radius 2 is 1.88 bits per heavy atom. The SMILES string of the molecule is C[C@@H](Cn1cccn1)NC(=O)c1cccc(N2Cc3ccccc3C2)c1. The van der Waals surface area contributed by atoms with Crippen molar-refractivity contribution in [3.63, 3.8) is 0 Å². The highest BCUT2D eigenvalue weighted by Gasteiger charge is 2.19. The third-order valence-electron chi connectivity index (χ3n) is 4.71. The summed E-state index contributed by atoms with van der Waals surface area (Å²) >= 11 is 0. The molecule has 1 aromatic heterocycles. The normalized spacial score (nSPS) is 14.1. The van der Waals surface area contributed by atoms with Gasteiger partial charge < -0.3 is 10.2 Å². The number of fused-ring (bicyclic) bond motifs is 1. The fraction of sp³-hybridized carbons (Fsp3) is 0.238. The van der Waals surface area contributed by atoms with E-state index in [-0.39, 0.29) is 11.9 Å². The molecule has 1 aliphatic rings. The predicted octanol–water partition coefficient (Wildman–Crippen LogP) is 3.22. The smallest absolute Gasteiger partial charge is 0.251 e. The lowest BCUT2D eigenvalue weighted by atomic mass is 10.1. The van der Waals surface area contributed by atoms with Gasteiger partial charge in [-0.15, -0.1) is 0 Å². The van der Waals surface area contributed by atoms with Crippen molar-refractivity contribution in [3.8, 4) is 0 Å². The summed E-state index contributed by atoms with van der Waals surface area (Å²) in [4.78, 5) is 14.9. The van der Waals surface area contributed by atoms with Crippen LogP contribution in [-0.2, 0) is 19.6 Å². The van der Waals surface area contributed by atoms with Crippen molar-refractivity contribution in [2.75, 3.05) is 4.90 Å². The Kier molecular flexibility index (Phi) is 4.44. The standard InChI is InChI=1S/C21H22N4O/c1-16(13-25-11-5-10-22-25)23-21(26)17-8-4-9-20(12-17)24-14-18-6-2-3-7-19(18)15-24/h2-12,16H,13-15H2,1H3,(H,23,26)/t16-/m0/s1. The van der Waals surface area contributed by atoms with Gasteiger partial charge in [0.05, 0.1) is 6.54 Å². The van der Waals surface area contributed by atoms with Crippen LogP contribution >= 0.6 is 0 Å². The number of anilines is 1. The average Bonchev–Trinajstić information content (AvgIpc) is 3.31. The second-order valence-electron chi connectivity index (χ2n) is 6.78. The van der Waals surface area contributed by atoms with E-state index < -0.39 is 0 Å². The molecule has 2 aromatic carbocycles. The van der Waals surface area contributed by atoms with Crippen LogP contribution in [0.15, 0.2) is 67.0 Å². The fourth-order valence-corrected chi connectivity index (χ4v) is 3.40. The zero-order chi connectivity index (χ0) is 17.9. The maximum absolute atomic E-state index is 12.6. The zero-order valence-electron chi connectivity index (χ0n) is 14.8. The molecule has 1 N–H and O–H groups in total. The van der Waals surface area contributed by atoms with Gasteiger partial charge in [0.15, 0.2) is 0 Å². The molecule has 3 aromatic rings. The highest BCUT2D eigenvalue weighted by molar-refractivity contribution is 5.95. The molecule has 1 aliphatic heterocycles. The quantitative estimate of drug-likeness (QED) is 0.772. The van der Waals surface area contributed by atoms with Crippen LogP contribution in [0.2, 0.25) is 0 Å². The lowest BCUT2D eigenvalue weighted by molar-refractivity contribution is 0.0936. The van der Waals surface area contributed by atoms with Crippen LogP contribution in [0.5, 0.6) is 0 Å². The summed E-state index contributed by atoms with van der Waals surface area (Å²) in [6.45, 7) is 4.41. The van der Waals surface area contributed by atoms with Crippen LogP contribution in [0.1, 0.15) is 28.4 Å². The van der Waals surface area contributed by atoms with Crippen LogP contribution in [-0.4, -0.2) is 21.7 Å². The van der Waals surface area contributed by atoms with Gasteiger partial charge in [-0.05, 0) is 42.3 Å². The summed E-state index contributed by atoms with van der Waals surface area (Å²) in [5.41, 5.74) is 4.48. The van der Waals surface area contributed by atoms with Gasteiger partial charge in [0.25, 0.3) is 5.91 Å². The van der Waals surface area contributed by atoms with Crippen molar-refractivity contribution in [3.05, 3.63) is 83.7 Å². The number of carbonyl (C=O) groups excluding carboxylic acids is 1. The number of carbonyl (C=O) groups is 1. The first-order chi connectivity index (χ1) is 12.7. The van der Waals surface area contributed by atoms with Crippen molar-refractivity contribution in [1.82, 2.24) is 15.1 Å². The molecule has 4 rings (SSSR count). The molecule has 132 valence electrons. The van der Waals surface area contributed by atoms with Gasteiger partial charge in [-0.25, -0.2) is 0 Å². The van der Waals surface area contributed by atoms with Crippen LogP contribution in [0.25, 0.3) is 0 Å². The van der Waals surface area contributed by atoms with E-state index in [1.54, 1.807) is 6.20 Å². The molecular formula is C21H22N4O. The average molecular weight is 346 g/mol. The fourth-order valence-electron chi connectivity index (χ4n) is 3.40. The minimum Gasteiger partial charge on any atom is -0.363 e. The first-order valence-electron chi connectivity index (χ1n) is 8.89. The predicted molar refractivity (Wildman–Crippen MR) is 102 cm³/mol. The molecule has 0 saturated carbocycles. The van der Waals surface area contributed by atoms with Crippen LogP contribution in [0, 0.1) is 0 Å². The second-order valence-corrected chi connectivity index (χ2v) is 6.78. The van der Waals surface area contributed by atoms with Crippen LogP contribution < -0.4 is 10.2 Å². The van der Waals surface area contributed by atoms with E-state index in [9.17, 15) is 4.79 Å². The molecule has 1 atom stereocenters. The number of rotatable bonds is 5. The molecule has 0 spiro atoms. The number of benzene rings is 2. The van der Waals surface area contributed by atoms with E-state index in [4.69, 9.17) is 0 Å². The van der Waals surface area contributed by atoms with E-state index in [0.717, 1.165) is 18.8 Å². The van der Waals surface area contributed by atoms with Gasteiger partial charge >= 0.3 is 0 Å². The van der Waals surface area contributed by atoms with E-state index in [1.807, 2.05) is 42.1 Å². The molecule has 0 aliphatic carbocycles. The number of nitrogens with zero attached hydrogens (tertiary/aromatic N) is 3. The van der Waals surface area contributed by atoms with Gasteiger partial charge in [0.1, 0.15) is 0 Å². The Morgan fingerprint density at radius 1 is 1.12 bits per heavy atom. The first-order valence-corrected chi connectivity index (χ1v) is 8.89. The van der Waals surface area contributed by atoms with Crippen molar-refractivity contribution in [1.29, 1.82) is 0 Å². The van der Waals surface area contributed by atoms with Gasteiger partial charge in [0.2, 0.25) is 0 Å². The van der Waals surface area contributed by atoms with E-state index >= 15 is 0 Å². The Labute approximate surface area is 153 Å². The number of hydrogen-bond donors (Lipinski definition) is 1. The topological polar surface area (TPSA) is 50.2 Å². The van der Waals surface area contributed by atoms with E-state index in [0.29, 0.717) is 12.1 Å². The van der Waals surface area contributed by atoms with Crippen molar-refractivity contribution in [2.45, 2.75) is 32.6 Å². The maximum Gasteiger partial charge on any atom is 0.251 e. The summed E-state index contributed by atoms with van der Waals surface area (Å²) < 4.78 is 1.82. The van der Waals surface area contributed by atoms with Gasteiger partial charge in [0, 0.05) is 42.8 Å². The second kappa shape index (κ2) is 7.04. The minimum absolute atomic E-state index is 0.00194. The lowest BCUT2D eigenvalue weighted by Gasteiger charge is -2.19. The summed E-state index contributed by atoms with van der Waals surface area (Å²) in [6.07, 6.45) is 3.64. The monoisotopic (exact) mass is 346 g/mol. The molecule has 5 heteroatoms. The molecule has 2 heterocycles. The van der Waals surface area contributed by atoms with Crippen molar-refractivity contribution >= 4 is 11.6 Å². The van der Waals surface area contributed by atoms with E-state index in [1.165, 1.54) is 11.1 Å². The number of aromatic nitrogens is 2. The van der Waals surface area contributed by atoms with Crippen molar-refractivity contribution < 1.29 is 4.79 Å². The zero-order valence-corrected chi connectivity index (χ0v) is 14.8. The Bertz CT molecular complexity index is 879. The number of amides is 1. The van der Waals surface area contributed by atoms with Crippen molar-refractivity contribution in [2.24, 2.45) is 0 Å². The molecule has 26 heavy (non-hydrogen) atoms. The summed E-state index contributed by atoms with van der Waals surface area (Å²) in [5.74, 6) is -0.0526. The maximum atomic E-state index is 12.6. The Hall–Kier alpha value is -3.08. The Balaban J connectivity index is 1.43. The Morgan fingerprint density at radius 3 is 2.58 bits per heavy atom. The lowest BCUT2D eigenvalue weighted by Crippen LogP contribution is -2.35. The van der Waals surface area contributed by atoms with E-state index in [2.05, 4.69) is 45.6 Å². The molecule has 0 bridgehead atoms. The first kappa shape index (κ1) is 16.4. The summed E-state index contributed by atoms with van der Waals surface area (Å²) in [5, 5.41) is 7.23. The largest absolute Gasteiger partial charge is 0.363 e. The van der Waals surface area contributed by atoms with Gasteiger partial charge in [-0.3, -0.25) is 9.48 Å². The molecule has 0 radical (unpaired) electrons. The molecular weight excluding hydrogens is 324 g/mol. The van der Waals surface area contributed by atoms with Crippen LogP contribution in [0.3, 0.4) is 0 Å². The summed E-state index contributed by atoms with van der Waals surface area (Å²) in [7, 11) is 0. The summed E-state index contributed by atoms with van der Waals surface area (Å²) in [6, 6.07) is 18.2. The molecule has 0 saturated heterocycles. The van der Waals surface area contributed by atoms with Gasteiger partial charge in [-0.1, -0.05) is 30.3 Å². The molecule has 5 nitrogen and oxygen atoms in total. The molecule has 1 amide bonds. The minimum atomic E-state index is -0.0526. The molecule has 0 fully saturated rings. The van der Waals surface area contributed by atoms with Gasteiger partial charge in [-0.2, -0.15) is 5.10 Å².